The minimum Gasteiger partial charge on any atom is -0.313 e. The number of hydrazone groups is 1. The zero-order chi connectivity index (χ0) is 8.10. The van der Waals surface area contributed by atoms with E-state index < -0.39 is 0 Å². The highest BCUT2D eigenvalue weighted by atomic mass is 79.9. The van der Waals surface area contributed by atoms with Crippen molar-refractivity contribution < 1.29 is 0 Å². The molecule has 58 valence electrons. The Labute approximate surface area is 74.4 Å². The Morgan fingerprint density at radius 2 is 2.36 bits per heavy atom. The second-order valence-electron chi connectivity index (χ2n) is 2.04. The monoisotopic (exact) mass is 212 g/mol. The number of hydrogen-bond donors (Lipinski definition) is 1. The molecule has 1 N–H and O–H groups in total. The summed E-state index contributed by atoms with van der Waals surface area (Å²) in [6.07, 6.45) is 1.77. The van der Waals surface area contributed by atoms with Crippen molar-refractivity contribution in [3.05, 3.63) is 34.3 Å². The molecule has 0 radical (unpaired) electrons. The van der Waals surface area contributed by atoms with Crippen LogP contribution in [0.25, 0.3) is 0 Å². The van der Waals surface area contributed by atoms with E-state index in [0.29, 0.717) is 0 Å². The van der Waals surface area contributed by atoms with Gasteiger partial charge >= 0.3 is 0 Å². The summed E-state index contributed by atoms with van der Waals surface area (Å²) in [6.45, 7) is 0. The van der Waals surface area contributed by atoms with Crippen LogP contribution < -0.4 is 5.43 Å². The van der Waals surface area contributed by atoms with Crippen molar-refractivity contribution in [2.75, 3.05) is 7.05 Å². The van der Waals surface area contributed by atoms with E-state index in [2.05, 4.69) is 26.5 Å². The average Bonchev–Trinajstić information content (AvgIpc) is 2.01. The predicted octanol–water partition coefficient (Wildman–Crippen LogP) is 2.00. The first-order valence-corrected chi connectivity index (χ1v) is 4.07. The van der Waals surface area contributed by atoms with E-state index in [9.17, 15) is 0 Å². The molecule has 0 aliphatic carbocycles. The largest absolute Gasteiger partial charge is 0.313 e. The predicted molar refractivity (Wildman–Crippen MR) is 50.8 cm³/mol. The van der Waals surface area contributed by atoms with Crippen molar-refractivity contribution in [1.82, 2.24) is 5.43 Å². The highest BCUT2D eigenvalue weighted by Crippen LogP contribution is 2.09. The second kappa shape index (κ2) is 4.13. The smallest absolute Gasteiger partial charge is 0.0540 e. The summed E-state index contributed by atoms with van der Waals surface area (Å²) in [5, 5.41) is 3.89. The fourth-order valence-electron chi connectivity index (χ4n) is 0.726. The lowest BCUT2D eigenvalue weighted by Crippen LogP contribution is -1.94. The van der Waals surface area contributed by atoms with E-state index >= 15 is 0 Å². The maximum absolute atomic E-state index is 3.89. The third-order valence-electron chi connectivity index (χ3n) is 1.19. The van der Waals surface area contributed by atoms with E-state index in [4.69, 9.17) is 0 Å². The van der Waals surface area contributed by atoms with Crippen molar-refractivity contribution in [2.45, 2.75) is 0 Å². The van der Waals surface area contributed by atoms with E-state index in [0.717, 1.165) is 10.0 Å². The van der Waals surface area contributed by atoms with Gasteiger partial charge in [-0.15, -0.1) is 0 Å². The Morgan fingerprint density at radius 3 is 3.00 bits per heavy atom. The topological polar surface area (TPSA) is 24.4 Å². The van der Waals surface area contributed by atoms with Crippen molar-refractivity contribution in [1.29, 1.82) is 0 Å². The molecule has 3 heteroatoms. The molecule has 1 rings (SSSR count). The van der Waals surface area contributed by atoms with Crippen LogP contribution in [0, 0.1) is 0 Å². The van der Waals surface area contributed by atoms with Crippen LogP contribution in [0.2, 0.25) is 0 Å². The first-order chi connectivity index (χ1) is 5.33. The highest BCUT2D eigenvalue weighted by molar-refractivity contribution is 9.10. The Hall–Kier alpha value is -0.830. The summed E-state index contributed by atoms with van der Waals surface area (Å²) >= 11 is 3.37. The normalized spacial score (nSPS) is 10.4. The number of halogens is 1. The van der Waals surface area contributed by atoms with Gasteiger partial charge < -0.3 is 5.43 Å². The molecule has 1 aromatic rings. The molecule has 0 spiro atoms. The van der Waals surface area contributed by atoms with Crippen molar-refractivity contribution >= 4 is 22.1 Å². The summed E-state index contributed by atoms with van der Waals surface area (Å²) < 4.78 is 1.07. The van der Waals surface area contributed by atoms with Gasteiger partial charge in [0.05, 0.1) is 6.21 Å². The van der Waals surface area contributed by atoms with Crippen LogP contribution in [-0.4, -0.2) is 13.3 Å². The van der Waals surface area contributed by atoms with Crippen LogP contribution in [0.4, 0.5) is 0 Å². The van der Waals surface area contributed by atoms with Gasteiger partial charge in [0.1, 0.15) is 0 Å². The van der Waals surface area contributed by atoms with Gasteiger partial charge in [0.25, 0.3) is 0 Å². The molecule has 0 fully saturated rings. The van der Waals surface area contributed by atoms with Crippen LogP contribution in [0.3, 0.4) is 0 Å². The molecular formula is C8H9BrN2. The third-order valence-corrected chi connectivity index (χ3v) is 1.68. The molecule has 0 aliphatic heterocycles. The van der Waals surface area contributed by atoms with Crippen LogP contribution in [-0.2, 0) is 0 Å². The molecule has 0 saturated heterocycles. The fraction of sp³-hybridized carbons (Fsp3) is 0.125. The van der Waals surface area contributed by atoms with E-state index in [1.807, 2.05) is 24.3 Å². The summed E-state index contributed by atoms with van der Waals surface area (Å²) in [6, 6.07) is 7.95. The zero-order valence-electron chi connectivity index (χ0n) is 6.21. The molecule has 0 amide bonds. The third kappa shape index (κ3) is 2.72. The average molecular weight is 213 g/mol. The van der Waals surface area contributed by atoms with Crippen molar-refractivity contribution in [3.63, 3.8) is 0 Å². The van der Waals surface area contributed by atoms with Gasteiger partial charge in [-0.25, -0.2) is 0 Å². The van der Waals surface area contributed by atoms with Gasteiger partial charge in [-0.1, -0.05) is 28.1 Å². The fourth-order valence-corrected chi connectivity index (χ4v) is 1.14. The summed E-state index contributed by atoms with van der Waals surface area (Å²) in [5.41, 5.74) is 3.77. The molecule has 0 aliphatic rings. The molecule has 0 saturated carbocycles. The molecule has 0 aromatic heterocycles. The summed E-state index contributed by atoms with van der Waals surface area (Å²) in [7, 11) is 1.77. The van der Waals surface area contributed by atoms with Crippen molar-refractivity contribution in [3.8, 4) is 0 Å². The van der Waals surface area contributed by atoms with Crippen molar-refractivity contribution in [2.24, 2.45) is 5.10 Å². The number of hydrogen-bond acceptors (Lipinski definition) is 2. The molecule has 0 atom stereocenters. The number of nitrogens with one attached hydrogen (secondary N) is 1. The molecular weight excluding hydrogens is 204 g/mol. The lowest BCUT2D eigenvalue weighted by molar-refractivity contribution is 0.908. The molecule has 2 nitrogen and oxygen atoms in total. The lowest BCUT2D eigenvalue weighted by Gasteiger charge is -1.92. The van der Waals surface area contributed by atoms with E-state index in [-0.39, 0.29) is 0 Å². The van der Waals surface area contributed by atoms with Gasteiger partial charge in [0, 0.05) is 11.5 Å². The first-order valence-electron chi connectivity index (χ1n) is 3.28. The van der Waals surface area contributed by atoms with Gasteiger partial charge in [0.2, 0.25) is 0 Å². The first kappa shape index (κ1) is 8.27. The number of nitrogens with zero attached hydrogens (tertiary/aromatic N) is 1. The van der Waals surface area contributed by atoms with E-state index in [1.165, 1.54) is 0 Å². The highest BCUT2D eigenvalue weighted by Gasteiger charge is 1.87. The minimum atomic E-state index is 1.07. The van der Waals surface area contributed by atoms with Gasteiger partial charge in [0.15, 0.2) is 0 Å². The standard InChI is InChI=1S/C8H9BrN2/c1-10-11-6-7-3-2-4-8(9)5-7/h2-6,10H,1H3/b11-6+. The van der Waals surface area contributed by atoms with Crippen LogP contribution in [0.15, 0.2) is 33.8 Å². The van der Waals surface area contributed by atoms with Crippen LogP contribution in [0.5, 0.6) is 0 Å². The Kier molecular flexibility index (Phi) is 3.11. The van der Waals surface area contributed by atoms with Crippen LogP contribution >= 0.6 is 15.9 Å². The maximum atomic E-state index is 3.89. The molecule has 0 heterocycles. The van der Waals surface area contributed by atoms with Gasteiger partial charge in [-0.2, -0.15) is 5.10 Å². The Morgan fingerprint density at radius 1 is 1.55 bits per heavy atom. The molecule has 0 unspecified atom stereocenters. The van der Waals surface area contributed by atoms with Gasteiger partial charge in [-0.05, 0) is 17.7 Å². The minimum absolute atomic E-state index is 1.07. The molecule has 11 heavy (non-hydrogen) atoms. The maximum Gasteiger partial charge on any atom is 0.0540 e. The zero-order valence-corrected chi connectivity index (χ0v) is 7.80. The lowest BCUT2D eigenvalue weighted by atomic mass is 10.2. The summed E-state index contributed by atoms with van der Waals surface area (Å²) in [4.78, 5) is 0. The Balaban J connectivity index is 2.79. The molecule has 1 aromatic carbocycles. The SMILES string of the molecule is CN/N=C/c1cccc(Br)c1. The number of rotatable bonds is 2. The quantitative estimate of drug-likeness (QED) is 0.589. The van der Waals surface area contributed by atoms with E-state index in [1.54, 1.807) is 13.3 Å². The summed E-state index contributed by atoms with van der Waals surface area (Å²) in [5.74, 6) is 0. The van der Waals surface area contributed by atoms with Gasteiger partial charge in [-0.3, -0.25) is 0 Å². The number of benzene rings is 1. The van der Waals surface area contributed by atoms with Crippen LogP contribution in [0.1, 0.15) is 5.56 Å². The Bertz CT molecular complexity index is 258. The second-order valence-corrected chi connectivity index (χ2v) is 2.95. The molecule has 0 bridgehead atoms.